The quantitative estimate of drug-likeness (QED) is 0.410. The Morgan fingerprint density at radius 1 is 0.882 bits per heavy atom. The number of carboxylic acid groups (broad SMARTS) is 1. The lowest BCUT2D eigenvalue weighted by molar-refractivity contribution is -0.138. The number of aromatic hydroxyl groups is 1. The van der Waals surface area contributed by atoms with Crippen LogP contribution in [0.5, 0.6) is 5.75 Å². The van der Waals surface area contributed by atoms with E-state index in [0.717, 1.165) is 22.3 Å². The monoisotopic (exact) mass is 460 g/mol. The highest BCUT2D eigenvalue weighted by Crippen LogP contribution is 2.44. The van der Waals surface area contributed by atoms with E-state index in [1.165, 1.54) is 12.1 Å². The fourth-order valence-electron chi connectivity index (χ4n) is 4.15. The Kier molecular flexibility index (Phi) is 6.77. The second-order valence-corrected chi connectivity index (χ2v) is 8.00. The third-order valence-electron chi connectivity index (χ3n) is 5.74. The van der Waals surface area contributed by atoms with Gasteiger partial charge in [-0.1, -0.05) is 60.7 Å². The van der Waals surface area contributed by atoms with E-state index in [2.05, 4.69) is 10.6 Å². The zero-order valence-electron chi connectivity index (χ0n) is 18.2. The molecule has 1 aliphatic rings. The lowest BCUT2D eigenvalue weighted by Crippen LogP contribution is -2.49. The average Bonchev–Trinajstić information content (AvgIpc) is 3.16. The number of amides is 2. The van der Waals surface area contributed by atoms with E-state index in [1.807, 2.05) is 48.5 Å². The van der Waals surface area contributed by atoms with Crippen molar-refractivity contribution in [3.05, 3.63) is 89.5 Å². The molecular formula is C26H24N2O6. The van der Waals surface area contributed by atoms with Crippen LogP contribution < -0.4 is 10.6 Å². The molecule has 0 saturated carbocycles. The predicted molar refractivity (Wildman–Crippen MR) is 124 cm³/mol. The number of aliphatic carboxylic acids is 1. The first kappa shape index (κ1) is 22.8. The third kappa shape index (κ3) is 5.17. The van der Waals surface area contributed by atoms with E-state index >= 15 is 0 Å². The topological polar surface area (TPSA) is 125 Å². The highest BCUT2D eigenvalue weighted by atomic mass is 16.5. The van der Waals surface area contributed by atoms with Crippen molar-refractivity contribution < 1.29 is 29.3 Å². The van der Waals surface area contributed by atoms with E-state index in [0.29, 0.717) is 5.56 Å². The number of fused-ring (bicyclic) bond motifs is 3. The van der Waals surface area contributed by atoms with Gasteiger partial charge in [0.05, 0.1) is 0 Å². The standard InChI is InChI=1S/C26H24N2O6/c29-17-11-9-16(10-12-17)13-23(25(32)27-14-24(30)31)28-26(33)34-15-22-20-7-3-1-5-18(20)19-6-2-4-8-21(19)22/h1-12,22-23,29H,13-15H2,(H,27,32)(H,28,33)(H,30,31)/t23-/m0/s1. The van der Waals surface area contributed by atoms with Crippen LogP contribution in [-0.2, 0) is 20.7 Å². The van der Waals surface area contributed by atoms with Crippen LogP contribution in [0.25, 0.3) is 11.1 Å². The molecule has 0 heterocycles. The van der Waals surface area contributed by atoms with Crippen LogP contribution in [0.3, 0.4) is 0 Å². The lowest BCUT2D eigenvalue weighted by Gasteiger charge is -2.19. The van der Waals surface area contributed by atoms with Gasteiger partial charge in [-0.15, -0.1) is 0 Å². The maximum atomic E-state index is 12.7. The minimum absolute atomic E-state index is 0.0696. The highest BCUT2D eigenvalue weighted by molar-refractivity contribution is 5.88. The molecule has 0 unspecified atom stereocenters. The van der Waals surface area contributed by atoms with Gasteiger partial charge in [0.25, 0.3) is 0 Å². The Balaban J connectivity index is 1.44. The predicted octanol–water partition coefficient (Wildman–Crippen LogP) is 3.04. The second-order valence-electron chi connectivity index (χ2n) is 8.00. The van der Waals surface area contributed by atoms with E-state index in [4.69, 9.17) is 9.84 Å². The largest absolute Gasteiger partial charge is 0.508 e. The minimum Gasteiger partial charge on any atom is -0.508 e. The molecular weight excluding hydrogens is 436 g/mol. The molecule has 0 aliphatic heterocycles. The summed E-state index contributed by atoms with van der Waals surface area (Å²) in [5.74, 6) is -1.91. The van der Waals surface area contributed by atoms with Crippen LogP contribution in [-0.4, -0.2) is 47.4 Å². The van der Waals surface area contributed by atoms with Crippen molar-refractivity contribution in [2.75, 3.05) is 13.2 Å². The van der Waals surface area contributed by atoms with Gasteiger partial charge in [-0.25, -0.2) is 4.79 Å². The van der Waals surface area contributed by atoms with Crippen molar-refractivity contribution in [3.63, 3.8) is 0 Å². The molecule has 34 heavy (non-hydrogen) atoms. The lowest BCUT2D eigenvalue weighted by atomic mass is 9.98. The maximum absolute atomic E-state index is 12.7. The highest BCUT2D eigenvalue weighted by Gasteiger charge is 2.30. The Morgan fingerprint density at radius 3 is 2.06 bits per heavy atom. The zero-order chi connectivity index (χ0) is 24.1. The molecule has 174 valence electrons. The van der Waals surface area contributed by atoms with Gasteiger partial charge in [-0.3, -0.25) is 9.59 Å². The number of phenols is 1. The van der Waals surface area contributed by atoms with Crippen LogP contribution >= 0.6 is 0 Å². The molecule has 0 aromatic heterocycles. The number of nitrogens with one attached hydrogen (secondary N) is 2. The zero-order valence-corrected chi connectivity index (χ0v) is 18.2. The van der Waals surface area contributed by atoms with Gasteiger partial charge < -0.3 is 25.6 Å². The van der Waals surface area contributed by atoms with Crippen LogP contribution in [0.15, 0.2) is 72.8 Å². The second kappa shape index (κ2) is 10.1. The van der Waals surface area contributed by atoms with Gasteiger partial charge in [-0.05, 0) is 39.9 Å². The van der Waals surface area contributed by atoms with Crippen molar-refractivity contribution in [3.8, 4) is 16.9 Å². The van der Waals surface area contributed by atoms with E-state index in [1.54, 1.807) is 12.1 Å². The summed E-state index contributed by atoms with van der Waals surface area (Å²) in [6.45, 7) is -0.486. The van der Waals surface area contributed by atoms with Crippen molar-refractivity contribution in [2.24, 2.45) is 0 Å². The summed E-state index contributed by atoms with van der Waals surface area (Å²) in [5.41, 5.74) is 5.01. The smallest absolute Gasteiger partial charge is 0.407 e. The molecule has 0 fully saturated rings. The van der Waals surface area contributed by atoms with E-state index in [-0.39, 0.29) is 24.7 Å². The number of carbonyl (C=O) groups excluding carboxylic acids is 2. The average molecular weight is 460 g/mol. The summed E-state index contributed by atoms with van der Waals surface area (Å²) < 4.78 is 5.52. The van der Waals surface area contributed by atoms with Crippen LogP contribution in [0.2, 0.25) is 0 Å². The van der Waals surface area contributed by atoms with Gasteiger partial charge in [0.15, 0.2) is 0 Å². The van der Waals surface area contributed by atoms with E-state index in [9.17, 15) is 19.5 Å². The molecule has 0 radical (unpaired) electrons. The molecule has 1 aliphatic carbocycles. The van der Waals surface area contributed by atoms with Gasteiger partial charge >= 0.3 is 12.1 Å². The number of hydrogen-bond donors (Lipinski definition) is 4. The van der Waals surface area contributed by atoms with E-state index < -0.39 is 30.6 Å². The summed E-state index contributed by atoms with van der Waals surface area (Å²) in [6.07, 6.45) is -0.688. The number of hydrogen-bond acceptors (Lipinski definition) is 5. The van der Waals surface area contributed by atoms with Crippen molar-refractivity contribution >= 4 is 18.0 Å². The molecule has 2 amide bonds. The van der Waals surface area contributed by atoms with Crippen molar-refractivity contribution in [2.45, 2.75) is 18.4 Å². The first-order chi connectivity index (χ1) is 16.4. The van der Waals surface area contributed by atoms with Gasteiger partial charge in [0.2, 0.25) is 5.91 Å². The number of carbonyl (C=O) groups is 3. The fourth-order valence-corrected chi connectivity index (χ4v) is 4.15. The van der Waals surface area contributed by atoms with Crippen molar-refractivity contribution in [1.29, 1.82) is 0 Å². The minimum atomic E-state index is -1.20. The Hall–Kier alpha value is -4.33. The van der Waals surface area contributed by atoms with Gasteiger partial charge in [0, 0.05) is 12.3 Å². The van der Waals surface area contributed by atoms with Crippen LogP contribution in [0, 0.1) is 0 Å². The molecule has 8 heteroatoms. The summed E-state index contributed by atoms with van der Waals surface area (Å²) in [6, 6.07) is 21.0. The maximum Gasteiger partial charge on any atom is 0.407 e. The number of rotatable bonds is 8. The Bertz CT molecular complexity index is 1160. The summed E-state index contributed by atoms with van der Waals surface area (Å²) in [4.78, 5) is 36.0. The SMILES string of the molecule is O=C(O)CNC(=O)[C@H](Cc1ccc(O)cc1)NC(=O)OCC1c2ccccc2-c2ccccc21. The van der Waals surface area contributed by atoms with Gasteiger partial charge in [-0.2, -0.15) is 0 Å². The molecule has 0 bridgehead atoms. The number of ether oxygens (including phenoxy) is 1. The molecule has 0 saturated heterocycles. The third-order valence-corrected chi connectivity index (χ3v) is 5.74. The number of alkyl carbamates (subject to hydrolysis) is 1. The normalized spacial score (nSPS) is 12.8. The van der Waals surface area contributed by atoms with Crippen LogP contribution in [0.1, 0.15) is 22.6 Å². The first-order valence-corrected chi connectivity index (χ1v) is 10.8. The number of benzene rings is 3. The fraction of sp³-hybridized carbons (Fsp3) is 0.192. The summed E-state index contributed by atoms with van der Waals surface area (Å²) >= 11 is 0. The Morgan fingerprint density at radius 2 is 1.47 bits per heavy atom. The molecule has 4 rings (SSSR count). The summed E-state index contributed by atoms with van der Waals surface area (Å²) in [5, 5.41) is 23.2. The molecule has 4 N–H and O–H groups in total. The molecule has 8 nitrogen and oxygen atoms in total. The number of phenolic OH excluding ortho intramolecular Hbond substituents is 1. The molecule has 0 spiro atoms. The Labute approximate surface area is 196 Å². The number of carboxylic acids is 1. The summed E-state index contributed by atoms with van der Waals surface area (Å²) in [7, 11) is 0. The molecule has 3 aromatic carbocycles. The first-order valence-electron chi connectivity index (χ1n) is 10.8. The van der Waals surface area contributed by atoms with Gasteiger partial charge in [0.1, 0.15) is 24.9 Å². The molecule has 3 aromatic rings. The molecule has 1 atom stereocenters. The van der Waals surface area contributed by atoms with Crippen molar-refractivity contribution in [1.82, 2.24) is 10.6 Å². The van der Waals surface area contributed by atoms with Crippen LogP contribution in [0.4, 0.5) is 4.79 Å².